The van der Waals surface area contributed by atoms with Crippen molar-refractivity contribution in [1.29, 1.82) is 0 Å². The van der Waals surface area contributed by atoms with Gasteiger partial charge in [0.05, 0.1) is 0 Å². The fraction of sp³-hybridized carbons (Fsp3) is 0.600. The van der Waals surface area contributed by atoms with Crippen molar-refractivity contribution in [2.75, 3.05) is 5.75 Å². The highest BCUT2D eigenvalue weighted by Gasteiger charge is 2.42. The molecule has 0 spiro atoms. The van der Waals surface area contributed by atoms with Crippen LogP contribution in [0.15, 0.2) is 30.3 Å². The Balaban J connectivity index is 1.83. The molecule has 1 nitrogen and oxygen atoms in total. The van der Waals surface area contributed by atoms with E-state index in [4.69, 9.17) is 5.73 Å². The average molecular weight is 249 g/mol. The molecule has 0 heterocycles. The summed E-state index contributed by atoms with van der Waals surface area (Å²) in [5.41, 5.74) is 7.76. The Hall–Kier alpha value is -0.470. The molecule has 94 valence electrons. The van der Waals surface area contributed by atoms with Crippen LogP contribution in [0.5, 0.6) is 0 Å². The first-order valence-corrected chi connectivity index (χ1v) is 7.40. The molecule has 1 saturated carbocycles. The molecule has 1 aliphatic carbocycles. The zero-order valence-electron chi connectivity index (χ0n) is 11.0. The van der Waals surface area contributed by atoms with E-state index in [2.05, 4.69) is 51.1 Å². The predicted molar refractivity (Wildman–Crippen MR) is 77.5 cm³/mol. The minimum atomic E-state index is 0.328. The molecule has 1 fully saturated rings. The van der Waals surface area contributed by atoms with Crippen molar-refractivity contribution in [3.63, 3.8) is 0 Å². The molecule has 1 aliphatic rings. The Morgan fingerprint density at radius 3 is 2.53 bits per heavy atom. The van der Waals surface area contributed by atoms with Crippen LogP contribution in [0.25, 0.3) is 0 Å². The van der Waals surface area contributed by atoms with Gasteiger partial charge in [-0.05, 0) is 23.8 Å². The average Bonchev–Trinajstić information content (AvgIpc) is 3.06. The van der Waals surface area contributed by atoms with Gasteiger partial charge in [0.15, 0.2) is 0 Å². The van der Waals surface area contributed by atoms with E-state index < -0.39 is 0 Å². The smallest absolute Gasteiger partial charge is 0.0165 e. The predicted octanol–water partition coefficient (Wildman–Crippen LogP) is 3.65. The third-order valence-corrected chi connectivity index (χ3v) is 4.74. The van der Waals surface area contributed by atoms with Crippen molar-refractivity contribution in [2.24, 2.45) is 11.7 Å². The summed E-state index contributed by atoms with van der Waals surface area (Å²) < 4.78 is 0.328. The number of benzene rings is 1. The maximum atomic E-state index is 6.29. The lowest BCUT2D eigenvalue weighted by molar-refractivity contribution is 0.636. The van der Waals surface area contributed by atoms with Gasteiger partial charge >= 0.3 is 0 Å². The quantitative estimate of drug-likeness (QED) is 0.881. The minimum absolute atomic E-state index is 0.328. The van der Waals surface area contributed by atoms with E-state index in [0.29, 0.717) is 22.6 Å². The van der Waals surface area contributed by atoms with E-state index in [1.54, 1.807) is 0 Å². The van der Waals surface area contributed by atoms with Crippen molar-refractivity contribution < 1.29 is 0 Å². The molecule has 0 amide bonds. The molecule has 0 aromatic heterocycles. The largest absolute Gasteiger partial charge is 0.327 e. The van der Waals surface area contributed by atoms with Crippen LogP contribution >= 0.6 is 11.8 Å². The van der Waals surface area contributed by atoms with Gasteiger partial charge in [0.1, 0.15) is 0 Å². The minimum Gasteiger partial charge on any atom is -0.327 e. The molecule has 0 bridgehead atoms. The topological polar surface area (TPSA) is 26.0 Å². The Labute approximate surface area is 109 Å². The van der Waals surface area contributed by atoms with Crippen molar-refractivity contribution in [3.05, 3.63) is 35.9 Å². The highest BCUT2D eigenvalue weighted by Crippen LogP contribution is 2.49. The van der Waals surface area contributed by atoms with Gasteiger partial charge in [-0.1, -0.05) is 51.1 Å². The first-order valence-electron chi connectivity index (χ1n) is 6.42. The zero-order valence-corrected chi connectivity index (χ0v) is 11.8. The van der Waals surface area contributed by atoms with Gasteiger partial charge in [0.25, 0.3) is 0 Å². The molecule has 2 N–H and O–H groups in total. The summed E-state index contributed by atoms with van der Waals surface area (Å²) >= 11 is 1.98. The van der Waals surface area contributed by atoms with Crippen LogP contribution in [0.3, 0.4) is 0 Å². The maximum absolute atomic E-state index is 6.29. The Morgan fingerprint density at radius 1 is 1.29 bits per heavy atom. The Kier molecular flexibility index (Phi) is 3.84. The number of hydrogen-bond acceptors (Lipinski definition) is 2. The van der Waals surface area contributed by atoms with E-state index >= 15 is 0 Å². The normalized spacial score (nSPS) is 25.6. The SMILES string of the molecule is CC(C)(C)SCC(N)C1CC1c1ccccc1. The van der Waals surface area contributed by atoms with Crippen LogP contribution in [-0.2, 0) is 0 Å². The van der Waals surface area contributed by atoms with Gasteiger partial charge in [0.2, 0.25) is 0 Å². The van der Waals surface area contributed by atoms with E-state index in [9.17, 15) is 0 Å². The first kappa shape index (κ1) is 13.0. The molecular weight excluding hydrogens is 226 g/mol. The zero-order chi connectivity index (χ0) is 12.5. The first-order chi connectivity index (χ1) is 7.97. The Bertz CT molecular complexity index is 355. The molecule has 0 saturated heterocycles. The monoisotopic (exact) mass is 249 g/mol. The van der Waals surface area contributed by atoms with E-state index in [0.717, 1.165) is 5.75 Å². The molecule has 0 aliphatic heterocycles. The number of nitrogens with two attached hydrogens (primary N) is 1. The van der Waals surface area contributed by atoms with Crippen LogP contribution < -0.4 is 5.73 Å². The molecule has 17 heavy (non-hydrogen) atoms. The highest BCUT2D eigenvalue weighted by molar-refractivity contribution is 8.00. The molecule has 1 aromatic carbocycles. The van der Waals surface area contributed by atoms with Crippen molar-refractivity contribution in [3.8, 4) is 0 Å². The molecule has 3 unspecified atom stereocenters. The van der Waals surface area contributed by atoms with E-state index in [1.807, 2.05) is 11.8 Å². The van der Waals surface area contributed by atoms with Crippen molar-refractivity contribution >= 4 is 11.8 Å². The summed E-state index contributed by atoms with van der Waals surface area (Å²) in [7, 11) is 0. The summed E-state index contributed by atoms with van der Waals surface area (Å²) in [6.07, 6.45) is 1.27. The van der Waals surface area contributed by atoms with Gasteiger partial charge in [0, 0.05) is 16.5 Å². The van der Waals surface area contributed by atoms with Gasteiger partial charge in [-0.2, -0.15) is 11.8 Å². The fourth-order valence-corrected chi connectivity index (χ4v) is 3.18. The molecule has 3 atom stereocenters. The second-order valence-corrected chi connectivity index (χ2v) is 7.85. The molecule has 1 aromatic rings. The third-order valence-electron chi connectivity index (χ3n) is 3.33. The lowest BCUT2D eigenvalue weighted by Crippen LogP contribution is -2.28. The lowest BCUT2D eigenvalue weighted by atomic mass is 10.1. The molecule has 2 heteroatoms. The summed E-state index contributed by atoms with van der Waals surface area (Å²) in [4.78, 5) is 0. The third kappa shape index (κ3) is 3.75. The van der Waals surface area contributed by atoms with Crippen LogP contribution in [0.1, 0.15) is 38.7 Å². The van der Waals surface area contributed by atoms with E-state index in [-0.39, 0.29) is 0 Å². The maximum Gasteiger partial charge on any atom is 0.0165 e. The Morgan fingerprint density at radius 2 is 1.94 bits per heavy atom. The number of hydrogen-bond donors (Lipinski definition) is 1. The highest BCUT2D eigenvalue weighted by atomic mass is 32.2. The van der Waals surface area contributed by atoms with Gasteiger partial charge in [-0.25, -0.2) is 0 Å². The number of thioether (sulfide) groups is 1. The van der Waals surface area contributed by atoms with Crippen LogP contribution in [0.2, 0.25) is 0 Å². The molecule has 0 radical (unpaired) electrons. The van der Waals surface area contributed by atoms with Crippen LogP contribution in [0.4, 0.5) is 0 Å². The molecular formula is C15H23NS. The lowest BCUT2D eigenvalue weighted by Gasteiger charge is -2.20. The summed E-state index contributed by atoms with van der Waals surface area (Å²) in [5.74, 6) is 2.50. The van der Waals surface area contributed by atoms with Gasteiger partial charge < -0.3 is 5.73 Å². The van der Waals surface area contributed by atoms with E-state index in [1.165, 1.54) is 12.0 Å². The molecule has 2 rings (SSSR count). The van der Waals surface area contributed by atoms with Crippen LogP contribution in [-0.4, -0.2) is 16.5 Å². The summed E-state index contributed by atoms with van der Waals surface area (Å²) in [6.45, 7) is 6.77. The van der Waals surface area contributed by atoms with Gasteiger partial charge in [-0.15, -0.1) is 0 Å². The standard InChI is InChI=1S/C15H23NS/c1-15(2,3)17-10-14(16)13-9-12(13)11-7-5-4-6-8-11/h4-8,12-14H,9-10,16H2,1-3H3. The second-order valence-electron chi connectivity index (χ2n) is 6.00. The van der Waals surface area contributed by atoms with Gasteiger partial charge in [-0.3, -0.25) is 0 Å². The summed E-state index contributed by atoms with van der Waals surface area (Å²) in [5, 5.41) is 0. The number of rotatable bonds is 4. The van der Waals surface area contributed by atoms with Crippen molar-refractivity contribution in [1.82, 2.24) is 0 Å². The summed E-state index contributed by atoms with van der Waals surface area (Å²) in [6, 6.07) is 11.1. The fourth-order valence-electron chi connectivity index (χ4n) is 2.24. The second kappa shape index (κ2) is 5.03. The van der Waals surface area contributed by atoms with Crippen LogP contribution in [0, 0.1) is 5.92 Å². The van der Waals surface area contributed by atoms with Crippen molar-refractivity contribution in [2.45, 2.75) is 43.9 Å².